The van der Waals surface area contributed by atoms with Gasteiger partial charge in [-0.25, -0.2) is 0 Å². The quantitative estimate of drug-likeness (QED) is 0.201. The molecule has 0 saturated carbocycles. The Morgan fingerprint density at radius 2 is 0.963 bits per heavy atom. The van der Waals surface area contributed by atoms with Gasteiger partial charge < -0.3 is 56.3 Å². The molecule has 0 amide bonds. The van der Waals surface area contributed by atoms with Crippen LogP contribution in [0.2, 0.25) is 0 Å². The summed E-state index contributed by atoms with van der Waals surface area (Å²) in [4.78, 5) is 0. The van der Waals surface area contributed by atoms with E-state index in [1.807, 2.05) is 0 Å². The Kier molecular flexibility index (Phi) is 2.89. The molecule has 10 nitrogen and oxygen atoms in total. The lowest BCUT2D eigenvalue weighted by molar-refractivity contribution is 0.492. The van der Waals surface area contributed by atoms with Crippen molar-refractivity contribution in [2.45, 2.75) is 6.92 Å². The first-order chi connectivity index (χ1) is 12.6. The van der Waals surface area contributed by atoms with Crippen molar-refractivity contribution in [3.63, 3.8) is 0 Å². The fourth-order valence-corrected chi connectivity index (χ4v) is 3.58. The standard InChI is InChI=1S/C17H21N9O/c1-2-7(18)12(23)6-3-4-5(10(21)13(24)9(3)20)11(22)14(25)15(26)16(4)27-17(6)8(2)19/h18-26H2,1H3. The van der Waals surface area contributed by atoms with Crippen LogP contribution >= 0.6 is 0 Å². The number of benzene rings is 3. The number of hydrogen-bond acceptors (Lipinski definition) is 10. The van der Waals surface area contributed by atoms with Gasteiger partial charge in [0.2, 0.25) is 0 Å². The average molecular weight is 367 g/mol. The lowest BCUT2D eigenvalue weighted by Crippen LogP contribution is -2.14. The fraction of sp³-hybridized carbons (Fsp3) is 0.0588. The van der Waals surface area contributed by atoms with Gasteiger partial charge in [0.05, 0.1) is 51.1 Å². The summed E-state index contributed by atoms with van der Waals surface area (Å²) in [6, 6.07) is 0. The third-order valence-corrected chi connectivity index (χ3v) is 5.23. The number of nitrogens with two attached hydrogens (primary N) is 9. The molecule has 0 fully saturated rings. The fourth-order valence-electron chi connectivity index (χ4n) is 3.58. The molecule has 4 rings (SSSR count). The molecule has 0 aliphatic carbocycles. The van der Waals surface area contributed by atoms with E-state index in [-0.39, 0.29) is 51.3 Å². The monoisotopic (exact) mass is 367 g/mol. The van der Waals surface area contributed by atoms with E-state index in [0.29, 0.717) is 38.8 Å². The molecule has 18 N–H and O–H groups in total. The van der Waals surface area contributed by atoms with Crippen LogP contribution in [0, 0.1) is 6.92 Å². The molecule has 0 aromatic heterocycles. The second kappa shape index (κ2) is 4.75. The van der Waals surface area contributed by atoms with Crippen molar-refractivity contribution in [3.05, 3.63) is 5.56 Å². The lowest BCUT2D eigenvalue weighted by atomic mass is 9.87. The Bertz CT molecular complexity index is 1190. The molecule has 1 aliphatic heterocycles. The van der Waals surface area contributed by atoms with E-state index in [1.165, 1.54) is 0 Å². The predicted octanol–water partition coefficient (Wildman–Crippen LogP) is 1.16. The number of hydrogen-bond donors (Lipinski definition) is 9. The van der Waals surface area contributed by atoms with E-state index in [4.69, 9.17) is 56.3 Å². The normalized spacial score (nSPS) is 12.0. The van der Waals surface area contributed by atoms with Gasteiger partial charge >= 0.3 is 0 Å². The maximum Gasteiger partial charge on any atom is 0.161 e. The number of anilines is 9. The van der Waals surface area contributed by atoms with Crippen molar-refractivity contribution < 1.29 is 4.74 Å². The van der Waals surface area contributed by atoms with Crippen molar-refractivity contribution in [1.82, 2.24) is 0 Å². The highest BCUT2D eigenvalue weighted by atomic mass is 16.5. The van der Waals surface area contributed by atoms with Gasteiger partial charge in [0.25, 0.3) is 0 Å². The van der Waals surface area contributed by atoms with E-state index < -0.39 is 0 Å². The first-order valence-corrected chi connectivity index (χ1v) is 8.01. The van der Waals surface area contributed by atoms with Crippen LogP contribution in [0.4, 0.5) is 51.2 Å². The largest absolute Gasteiger partial charge is 0.452 e. The van der Waals surface area contributed by atoms with E-state index in [9.17, 15) is 0 Å². The minimum absolute atomic E-state index is 0.126. The molecule has 10 heteroatoms. The maximum absolute atomic E-state index is 6.31. The molecule has 0 atom stereocenters. The van der Waals surface area contributed by atoms with Crippen molar-refractivity contribution in [2.75, 3.05) is 51.6 Å². The molecular weight excluding hydrogens is 346 g/mol. The zero-order chi connectivity index (χ0) is 19.9. The minimum Gasteiger partial charge on any atom is -0.452 e. The van der Waals surface area contributed by atoms with Gasteiger partial charge in [-0.15, -0.1) is 0 Å². The molecule has 0 saturated heterocycles. The molecule has 0 bridgehead atoms. The first kappa shape index (κ1) is 16.4. The molecule has 1 aliphatic rings. The predicted molar refractivity (Wildman–Crippen MR) is 114 cm³/mol. The number of ether oxygens (including phenoxy) is 1. The molecule has 3 aromatic carbocycles. The van der Waals surface area contributed by atoms with Crippen LogP contribution < -0.4 is 56.3 Å². The Hall–Kier alpha value is -4.08. The van der Waals surface area contributed by atoms with Crippen LogP contribution in [-0.2, 0) is 0 Å². The van der Waals surface area contributed by atoms with Gasteiger partial charge in [-0.3, -0.25) is 0 Å². The summed E-state index contributed by atoms with van der Waals surface area (Å²) in [5.41, 5.74) is 59.0. The van der Waals surface area contributed by atoms with Crippen molar-refractivity contribution in [2.24, 2.45) is 0 Å². The van der Waals surface area contributed by atoms with Crippen molar-refractivity contribution >= 4 is 62.0 Å². The molecule has 27 heavy (non-hydrogen) atoms. The molecule has 0 unspecified atom stereocenters. The van der Waals surface area contributed by atoms with Crippen LogP contribution in [0.3, 0.4) is 0 Å². The molecule has 3 aromatic rings. The Morgan fingerprint density at radius 3 is 1.56 bits per heavy atom. The highest BCUT2D eigenvalue weighted by molar-refractivity contribution is 6.26. The second-order valence-corrected chi connectivity index (χ2v) is 6.61. The third kappa shape index (κ3) is 1.68. The SMILES string of the molecule is Cc1c(N)c(N)c2c(c1N)Oc1c(N)c(N)c(N)c3c(N)c(N)c(N)c-2c13. The number of nitrogen functional groups attached to an aromatic ring is 9. The van der Waals surface area contributed by atoms with E-state index in [1.54, 1.807) is 6.92 Å². The van der Waals surface area contributed by atoms with E-state index >= 15 is 0 Å². The van der Waals surface area contributed by atoms with Crippen LogP contribution in [0.15, 0.2) is 0 Å². The lowest BCUT2D eigenvalue weighted by Gasteiger charge is -2.30. The highest BCUT2D eigenvalue weighted by Crippen LogP contribution is 2.61. The topological polar surface area (TPSA) is 243 Å². The summed E-state index contributed by atoms with van der Waals surface area (Å²) >= 11 is 0. The molecule has 0 radical (unpaired) electrons. The summed E-state index contributed by atoms with van der Waals surface area (Å²) in [5, 5.41) is 0.853. The third-order valence-electron chi connectivity index (χ3n) is 5.23. The second-order valence-electron chi connectivity index (χ2n) is 6.61. The number of fused-ring (bicyclic) bond motifs is 2. The smallest absolute Gasteiger partial charge is 0.161 e. The Balaban J connectivity index is 2.38. The number of rotatable bonds is 0. The van der Waals surface area contributed by atoms with Gasteiger partial charge in [0.15, 0.2) is 11.5 Å². The summed E-state index contributed by atoms with van der Waals surface area (Å²) in [7, 11) is 0. The van der Waals surface area contributed by atoms with Gasteiger partial charge in [-0.05, 0) is 6.92 Å². The van der Waals surface area contributed by atoms with Crippen LogP contribution in [0.5, 0.6) is 11.5 Å². The average Bonchev–Trinajstić information content (AvgIpc) is 2.65. The summed E-state index contributed by atoms with van der Waals surface area (Å²) in [5.74, 6) is 0.521. The van der Waals surface area contributed by atoms with Crippen LogP contribution in [-0.4, -0.2) is 0 Å². The molecule has 140 valence electrons. The van der Waals surface area contributed by atoms with Gasteiger partial charge in [-0.2, -0.15) is 0 Å². The zero-order valence-electron chi connectivity index (χ0n) is 14.6. The molecule has 1 heterocycles. The maximum atomic E-state index is 6.31. The minimum atomic E-state index is 0.126. The van der Waals surface area contributed by atoms with Crippen molar-refractivity contribution in [3.8, 4) is 22.6 Å². The van der Waals surface area contributed by atoms with Crippen molar-refractivity contribution in [1.29, 1.82) is 0 Å². The molecular formula is C17H21N9O. The first-order valence-electron chi connectivity index (χ1n) is 8.01. The van der Waals surface area contributed by atoms with Gasteiger partial charge in [0.1, 0.15) is 5.69 Å². The van der Waals surface area contributed by atoms with Crippen LogP contribution in [0.25, 0.3) is 21.9 Å². The Morgan fingerprint density at radius 1 is 0.444 bits per heavy atom. The summed E-state index contributed by atoms with van der Waals surface area (Å²) in [6.07, 6.45) is 0. The summed E-state index contributed by atoms with van der Waals surface area (Å²) in [6.45, 7) is 1.73. The molecule has 0 spiro atoms. The van der Waals surface area contributed by atoms with Gasteiger partial charge in [0, 0.05) is 21.9 Å². The van der Waals surface area contributed by atoms with Crippen LogP contribution in [0.1, 0.15) is 5.56 Å². The highest BCUT2D eigenvalue weighted by Gasteiger charge is 2.34. The summed E-state index contributed by atoms with van der Waals surface area (Å²) < 4.78 is 6.04. The van der Waals surface area contributed by atoms with Gasteiger partial charge in [-0.1, -0.05) is 0 Å². The van der Waals surface area contributed by atoms with E-state index in [2.05, 4.69) is 0 Å². The zero-order valence-corrected chi connectivity index (χ0v) is 14.6. The Labute approximate surface area is 154 Å². The van der Waals surface area contributed by atoms with E-state index in [0.717, 1.165) is 0 Å².